The van der Waals surface area contributed by atoms with Gasteiger partial charge in [0.1, 0.15) is 0 Å². The second-order valence-electron chi connectivity index (χ2n) is 6.19. The molecule has 0 bridgehead atoms. The molecule has 1 amide bonds. The number of carbonyl (C=O) groups is 1. The molecule has 19 heavy (non-hydrogen) atoms. The maximum Gasteiger partial charge on any atom is 0.237 e. The number of nitrogens with one attached hydrogen (secondary N) is 2. The fourth-order valence-electron chi connectivity index (χ4n) is 3.03. The summed E-state index contributed by atoms with van der Waals surface area (Å²) in [5.41, 5.74) is 0. The molecule has 2 rings (SSSR count). The van der Waals surface area contributed by atoms with Gasteiger partial charge in [0.05, 0.1) is 6.04 Å². The third kappa shape index (κ3) is 4.18. The van der Waals surface area contributed by atoms with Gasteiger partial charge in [-0.15, -0.1) is 0 Å². The first kappa shape index (κ1) is 14.8. The lowest BCUT2D eigenvalue weighted by Crippen LogP contribution is -2.50. The summed E-state index contributed by atoms with van der Waals surface area (Å²) >= 11 is 0. The first-order chi connectivity index (χ1) is 9.11. The summed E-state index contributed by atoms with van der Waals surface area (Å²) in [6.45, 7) is 5.27. The lowest BCUT2D eigenvalue weighted by molar-refractivity contribution is -0.126. The van der Waals surface area contributed by atoms with Crippen LogP contribution in [0.2, 0.25) is 0 Å². The molecule has 2 aliphatic carbocycles. The largest absolute Gasteiger partial charge is 0.352 e. The van der Waals surface area contributed by atoms with Gasteiger partial charge in [-0.2, -0.15) is 0 Å². The summed E-state index contributed by atoms with van der Waals surface area (Å²) in [5.74, 6) is 0.207. The minimum absolute atomic E-state index is 0.00119. The van der Waals surface area contributed by atoms with Crippen LogP contribution < -0.4 is 10.6 Å². The Morgan fingerprint density at radius 1 is 1.16 bits per heavy atom. The molecular weight excluding hydrogens is 238 g/mol. The normalized spacial score (nSPS) is 29.3. The van der Waals surface area contributed by atoms with Gasteiger partial charge in [-0.25, -0.2) is 0 Å². The van der Waals surface area contributed by atoms with E-state index in [-0.39, 0.29) is 11.9 Å². The Kier molecular flexibility index (Phi) is 5.22. The van der Waals surface area contributed by atoms with Crippen molar-refractivity contribution in [3.8, 4) is 0 Å². The summed E-state index contributed by atoms with van der Waals surface area (Å²) in [6.07, 6.45) is 7.20. The molecule has 2 saturated carbocycles. The zero-order valence-corrected chi connectivity index (χ0v) is 12.6. The van der Waals surface area contributed by atoms with Crippen molar-refractivity contribution in [2.24, 2.45) is 0 Å². The van der Waals surface area contributed by atoms with Crippen LogP contribution in [0.25, 0.3) is 0 Å². The number of hydrogen-bond acceptors (Lipinski definition) is 3. The molecule has 1 atom stereocenters. The Bertz CT molecular complexity index is 296. The number of amides is 1. The predicted molar refractivity (Wildman–Crippen MR) is 78.1 cm³/mol. The number of carbonyl (C=O) groups excluding carboxylic acids is 1. The molecule has 2 fully saturated rings. The Hall–Kier alpha value is -0.610. The minimum atomic E-state index is 0.00119. The molecule has 0 aromatic rings. The van der Waals surface area contributed by atoms with Crippen molar-refractivity contribution < 1.29 is 4.79 Å². The van der Waals surface area contributed by atoms with Gasteiger partial charge in [0.15, 0.2) is 0 Å². The quantitative estimate of drug-likeness (QED) is 0.766. The number of rotatable bonds is 6. The Morgan fingerprint density at radius 3 is 2.26 bits per heavy atom. The van der Waals surface area contributed by atoms with Crippen LogP contribution in [-0.4, -0.2) is 48.6 Å². The molecule has 2 aliphatic rings. The van der Waals surface area contributed by atoms with Crippen LogP contribution in [0, 0.1) is 0 Å². The molecule has 110 valence electrons. The third-order valence-electron chi connectivity index (χ3n) is 4.68. The van der Waals surface area contributed by atoms with Crippen LogP contribution in [0.1, 0.15) is 52.4 Å². The van der Waals surface area contributed by atoms with E-state index < -0.39 is 0 Å². The highest BCUT2D eigenvalue weighted by molar-refractivity contribution is 5.81. The summed E-state index contributed by atoms with van der Waals surface area (Å²) in [4.78, 5) is 14.4. The molecular formula is C15H29N3O. The summed E-state index contributed by atoms with van der Waals surface area (Å²) < 4.78 is 0. The van der Waals surface area contributed by atoms with Gasteiger partial charge in [0.2, 0.25) is 5.91 Å². The zero-order valence-electron chi connectivity index (χ0n) is 12.6. The zero-order chi connectivity index (χ0) is 13.8. The Labute approximate surface area is 117 Å². The van der Waals surface area contributed by atoms with Gasteiger partial charge < -0.3 is 10.6 Å². The predicted octanol–water partition coefficient (Wildman–Crippen LogP) is 1.51. The lowest BCUT2D eigenvalue weighted by atomic mass is 9.89. The highest BCUT2D eigenvalue weighted by Gasteiger charge is 2.31. The molecule has 0 aromatic carbocycles. The Balaban J connectivity index is 1.75. The first-order valence-electron chi connectivity index (χ1n) is 7.87. The van der Waals surface area contributed by atoms with Crippen LogP contribution in [0.4, 0.5) is 0 Å². The van der Waals surface area contributed by atoms with E-state index in [1.807, 2.05) is 6.92 Å². The van der Waals surface area contributed by atoms with E-state index in [2.05, 4.69) is 29.5 Å². The van der Waals surface area contributed by atoms with Crippen molar-refractivity contribution >= 4 is 5.91 Å². The van der Waals surface area contributed by atoms with Crippen LogP contribution >= 0.6 is 0 Å². The van der Waals surface area contributed by atoms with Crippen LogP contribution in [0.5, 0.6) is 0 Å². The summed E-state index contributed by atoms with van der Waals surface area (Å²) in [5, 5.41) is 6.64. The molecule has 1 unspecified atom stereocenters. The second kappa shape index (κ2) is 6.71. The average molecular weight is 267 g/mol. The number of likely N-dealkylation sites (N-methyl/N-ethyl adjacent to an activating group) is 1. The lowest BCUT2D eigenvalue weighted by Gasteiger charge is -2.37. The van der Waals surface area contributed by atoms with Gasteiger partial charge >= 0.3 is 0 Å². The third-order valence-corrected chi connectivity index (χ3v) is 4.68. The standard InChI is InChI=1S/C15H29N3O/c1-4-16-12-7-9-14(10-8-12)18(3)11(2)15(19)17-13-5-6-13/h11-14,16H,4-10H2,1-3H3,(H,17,19). The second-order valence-corrected chi connectivity index (χ2v) is 6.19. The van der Waals surface area contributed by atoms with Crippen LogP contribution in [-0.2, 0) is 4.79 Å². The SMILES string of the molecule is CCNC1CCC(N(C)C(C)C(=O)NC2CC2)CC1. The van der Waals surface area contributed by atoms with Crippen LogP contribution in [0.15, 0.2) is 0 Å². The van der Waals surface area contributed by atoms with Crippen molar-refractivity contribution in [2.75, 3.05) is 13.6 Å². The molecule has 0 heterocycles. The topological polar surface area (TPSA) is 44.4 Å². The highest BCUT2D eigenvalue weighted by atomic mass is 16.2. The fraction of sp³-hybridized carbons (Fsp3) is 0.933. The van der Waals surface area contributed by atoms with Crippen molar-refractivity contribution in [3.05, 3.63) is 0 Å². The highest BCUT2D eigenvalue weighted by Crippen LogP contribution is 2.24. The van der Waals surface area contributed by atoms with E-state index >= 15 is 0 Å². The molecule has 0 aromatic heterocycles. The molecule has 0 radical (unpaired) electrons. The van der Waals surface area contributed by atoms with E-state index in [0.29, 0.717) is 18.1 Å². The molecule has 0 spiro atoms. The maximum absolute atomic E-state index is 12.1. The van der Waals surface area contributed by atoms with Gasteiger partial charge in [-0.05, 0) is 59.0 Å². The van der Waals surface area contributed by atoms with E-state index in [9.17, 15) is 4.79 Å². The Morgan fingerprint density at radius 2 is 1.74 bits per heavy atom. The van der Waals surface area contributed by atoms with E-state index in [4.69, 9.17) is 0 Å². The van der Waals surface area contributed by atoms with Gasteiger partial charge in [-0.1, -0.05) is 6.92 Å². The molecule has 2 N–H and O–H groups in total. The van der Waals surface area contributed by atoms with E-state index in [1.54, 1.807) is 0 Å². The molecule has 4 heteroatoms. The number of nitrogens with zero attached hydrogens (tertiary/aromatic N) is 1. The van der Waals surface area contributed by atoms with Gasteiger partial charge in [0, 0.05) is 18.1 Å². The summed E-state index contributed by atoms with van der Waals surface area (Å²) in [7, 11) is 2.11. The minimum Gasteiger partial charge on any atom is -0.352 e. The van der Waals surface area contributed by atoms with E-state index in [0.717, 1.165) is 19.4 Å². The van der Waals surface area contributed by atoms with Crippen LogP contribution in [0.3, 0.4) is 0 Å². The average Bonchev–Trinajstić information content (AvgIpc) is 3.22. The monoisotopic (exact) mass is 267 g/mol. The van der Waals surface area contributed by atoms with Crippen molar-refractivity contribution in [1.29, 1.82) is 0 Å². The van der Waals surface area contributed by atoms with Crippen molar-refractivity contribution in [3.63, 3.8) is 0 Å². The maximum atomic E-state index is 12.1. The van der Waals surface area contributed by atoms with Crippen molar-refractivity contribution in [1.82, 2.24) is 15.5 Å². The van der Waals surface area contributed by atoms with Gasteiger partial charge in [-0.3, -0.25) is 9.69 Å². The first-order valence-corrected chi connectivity index (χ1v) is 7.87. The summed E-state index contributed by atoms with van der Waals surface area (Å²) in [6, 6.07) is 1.72. The number of hydrogen-bond donors (Lipinski definition) is 2. The smallest absolute Gasteiger partial charge is 0.237 e. The molecule has 0 aliphatic heterocycles. The van der Waals surface area contributed by atoms with Gasteiger partial charge in [0.25, 0.3) is 0 Å². The van der Waals surface area contributed by atoms with Crippen molar-refractivity contribution in [2.45, 2.75) is 76.5 Å². The van der Waals surface area contributed by atoms with E-state index in [1.165, 1.54) is 25.7 Å². The molecule has 4 nitrogen and oxygen atoms in total. The fourth-order valence-corrected chi connectivity index (χ4v) is 3.03. The molecule has 0 saturated heterocycles.